The number of carbonyl (C=O) groups excluding carboxylic acids is 1. The second-order valence-corrected chi connectivity index (χ2v) is 10.1. The van der Waals surface area contributed by atoms with Crippen molar-refractivity contribution in [1.29, 1.82) is 0 Å². The molecular formula is C27H25ClN4O3S. The average molecular weight is 521 g/mol. The molecule has 1 aliphatic rings. The zero-order valence-corrected chi connectivity index (χ0v) is 21.1. The number of ether oxygens (including phenoxy) is 1. The number of carbonyl (C=O) groups is 1. The molecule has 7 nitrogen and oxygen atoms in total. The number of amides is 1. The summed E-state index contributed by atoms with van der Waals surface area (Å²) in [6.45, 7) is 1.13. The van der Waals surface area contributed by atoms with Gasteiger partial charge in [0.25, 0.3) is 5.91 Å². The normalized spacial score (nSPS) is 17.1. The van der Waals surface area contributed by atoms with E-state index < -0.39 is 12.5 Å². The number of aromatic nitrogens is 1. The van der Waals surface area contributed by atoms with Crippen molar-refractivity contribution in [2.75, 3.05) is 17.7 Å². The van der Waals surface area contributed by atoms with Gasteiger partial charge in [-0.15, -0.1) is 11.3 Å². The average Bonchev–Trinajstić information content (AvgIpc) is 3.45. The lowest BCUT2D eigenvalue weighted by molar-refractivity contribution is -0.108. The van der Waals surface area contributed by atoms with E-state index in [0.29, 0.717) is 33.6 Å². The van der Waals surface area contributed by atoms with E-state index in [0.717, 1.165) is 22.4 Å². The molecule has 0 aliphatic carbocycles. The van der Waals surface area contributed by atoms with E-state index >= 15 is 0 Å². The number of aliphatic hydroxyl groups excluding tert-OH is 1. The summed E-state index contributed by atoms with van der Waals surface area (Å²) in [6, 6.07) is 20.9. The molecule has 2 aromatic carbocycles. The Morgan fingerprint density at radius 2 is 1.89 bits per heavy atom. The summed E-state index contributed by atoms with van der Waals surface area (Å²) in [4.78, 5) is 19.2. The van der Waals surface area contributed by atoms with Gasteiger partial charge in [0.05, 0.1) is 9.21 Å². The summed E-state index contributed by atoms with van der Waals surface area (Å²) < 4.78 is 6.39. The summed E-state index contributed by atoms with van der Waals surface area (Å²) in [5.41, 5.74) is 5.22. The zero-order chi connectivity index (χ0) is 25.1. The van der Waals surface area contributed by atoms with Crippen LogP contribution in [0.2, 0.25) is 4.34 Å². The topological polar surface area (TPSA) is 86.7 Å². The summed E-state index contributed by atoms with van der Waals surface area (Å²) >= 11 is 7.21. The first-order chi connectivity index (χ1) is 17.5. The molecule has 9 heteroatoms. The van der Waals surface area contributed by atoms with Gasteiger partial charge >= 0.3 is 0 Å². The van der Waals surface area contributed by atoms with Gasteiger partial charge in [-0.1, -0.05) is 48.0 Å². The summed E-state index contributed by atoms with van der Waals surface area (Å²) in [6.07, 6.45) is 2.10. The number of hydrogen-bond acceptors (Lipinski definition) is 7. The molecule has 3 N–H and O–H groups in total. The van der Waals surface area contributed by atoms with E-state index in [1.807, 2.05) is 47.4 Å². The second kappa shape index (κ2) is 10.8. The third-order valence-corrected chi connectivity index (χ3v) is 7.31. The quantitative estimate of drug-likeness (QED) is 0.272. The van der Waals surface area contributed by atoms with Crippen molar-refractivity contribution in [3.63, 3.8) is 0 Å². The van der Waals surface area contributed by atoms with Crippen LogP contribution in [0.25, 0.3) is 0 Å². The van der Waals surface area contributed by atoms with Gasteiger partial charge in [0.15, 0.2) is 0 Å². The molecular weight excluding hydrogens is 496 g/mol. The number of rotatable bonds is 8. The molecule has 0 radical (unpaired) electrons. The summed E-state index contributed by atoms with van der Waals surface area (Å²) in [5, 5.41) is 17.6. The zero-order valence-electron chi connectivity index (χ0n) is 19.5. The molecule has 3 heterocycles. The van der Waals surface area contributed by atoms with Gasteiger partial charge < -0.3 is 20.5 Å². The lowest BCUT2D eigenvalue weighted by Gasteiger charge is -2.27. The number of fused-ring (bicyclic) bond motifs is 1. The number of thiophene rings is 1. The van der Waals surface area contributed by atoms with Gasteiger partial charge in [-0.2, -0.15) is 0 Å². The fourth-order valence-corrected chi connectivity index (χ4v) is 5.37. The van der Waals surface area contributed by atoms with E-state index in [9.17, 15) is 9.90 Å². The van der Waals surface area contributed by atoms with Crippen LogP contribution >= 0.6 is 22.9 Å². The molecule has 0 saturated carbocycles. The Bertz CT molecular complexity index is 1360. The lowest BCUT2D eigenvalue weighted by Crippen LogP contribution is -2.27. The first kappa shape index (κ1) is 24.4. The molecule has 184 valence electrons. The molecule has 2 atom stereocenters. The minimum Gasteiger partial charge on any atom is -0.381 e. The van der Waals surface area contributed by atoms with Gasteiger partial charge in [0.2, 0.25) is 0 Å². The van der Waals surface area contributed by atoms with Crippen molar-refractivity contribution in [3.8, 4) is 0 Å². The number of aliphatic hydroxyl groups is 1. The third-order valence-electron chi connectivity index (χ3n) is 6.08. The molecule has 0 saturated heterocycles. The Hall–Kier alpha value is -3.27. The van der Waals surface area contributed by atoms with Crippen molar-refractivity contribution in [1.82, 2.24) is 9.88 Å². The number of nitrogens with one attached hydrogen (secondary N) is 2. The molecule has 4 aromatic rings. The van der Waals surface area contributed by atoms with Gasteiger partial charge in [-0.25, -0.2) is 4.90 Å². The Kier molecular flexibility index (Phi) is 7.31. The fourth-order valence-electron chi connectivity index (χ4n) is 4.43. The fraction of sp³-hybridized carbons (Fsp3) is 0.185. The smallest absolute Gasteiger partial charge is 0.265 e. The molecule has 5 rings (SSSR count). The number of nitrogens with zero attached hydrogens (tertiary/aromatic N) is 2. The van der Waals surface area contributed by atoms with Crippen molar-refractivity contribution >= 4 is 40.2 Å². The number of hydrogen-bond donors (Lipinski definition) is 3. The molecule has 0 fully saturated rings. The highest BCUT2D eigenvalue weighted by atomic mass is 35.5. The van der Waals surface area contributed by atoms with Gasteiger partial charge in [0.1, 0.15) is 12.5 Å². The van der Waals surface area contributed by atoms with Crippen LogP contribution in [-0.2, 0) is 17.8 Å². The van der Waals surface area contributed by atoms with Crippen LogP contribution in [0.4, 0.5) is 11.4 Å². The number of halogens is 1. The Balaban J connectivity index is 1.34. The lowest BCUT2D eigenvalue weighted by atomic mass is 10.1. The van der Waals surface area contributed by atoms with Crippen LogP contribution in [0.1, 0.15) is 44.4 Å². The third kappa shape index (κ3) is 5.13. The maximum Gasteiger partial charge on any atom is 0.265 e. The maximum absolute atomic E-state index is 12.8. The molecule has 2 aromatic heterocycles. The van der Waals surface area contributed by atoms with Crippen molar-refractivity contribution in [3.05, 3.63) is 111 Å². The van der Waals surface area contributed by atoms with Crippen LogP contribution in [-0.4, -0.2) is 28.0 Å². The number of anilines is 2. The highest BCUT2D eigenvalue weighted by Gasteiger charge is 2.39. The van der Waals surface area contributed by atoms with E-state index in [2.05, 4.69) is 27.8 Å². The maximum atomic E-state index is 12.8. The number of pyridine rings is 1. The predicted octanol–water partition coefficient (Wildman–Crippen LogP) is 5.81. The van der Waals surface area contributed by atoms with Gasteiger partial charge in [-0.3, -0.25) is 9.78 Å². The minimum absolute atomic E-state index is 0.252. The standard InChI is InChI=1S/C27H25ClN4O3S/c1-35-27-24-20(6-3-7-21(24)31-25(33)22-8-9-23(28)36-22)26(34)32(27)16-18-5-2-4-17(14-18)15-30-19-10-12-29-13-11-19/h2-14,26-27,34H,15-16H2,1H3,(H,29,30)(H,31,33). The second-order valence-electron chi connectivity index (χ2n) is 8.41. The molecule has 1 aliphatic heterocycles. The Morgan fingerprint density at radius 1 is 1.11 bits per heavy atom. The first-order valence-electron chi connectivity index (χ1n) is 11.4. The highest BCUT2D eigenvalue weighted by molar-refractivity contribution is 7.18. The van der Waals surface area contributed by atoms with E-state index in [1.165, 1.54) is 11.3 Å². The molecule has 36 heavy (non-hydrogen) atoms. The van der Waals surface area contributed by atoms with Crippen LogP contribution in [0.15, 0.2) is 79.1 Å². The van der Waals surface area contributed by atoms with Gasteiger partial charge in [0, 0.05) is 55.1 Å². The van der Waals surface area contributed by atoms with E-state index in [1.54, 1.807) is 31.6 Å². The van der Waals surface area contributed by atoms with Crippen molar-refractivity contribution in [2.24, 2.45) is 0 Å². The summed E-state index contributed by atoms with van der Waals surface area (Å²) in [7, 11) is 1.60. The van der Waals surface area contributed by atoms with Crippen LogP contribution in [0, 0.1) is 0 Å². The predicted molar refractivity (Wildman–Crippen MR) is 142 cm³/mol. The van der Waals surface area contributed by atoms with Crippen LogP contribution < -0.4 is 10.6 Å². The minimum atomic E-state index is -0.878. The van der Waals surface area contributed by atoms with Crippen molar-refractivity contribution < 1.29 is 14.6 Å². The molecule has 0 spiro atoms. The largest absolute Gasteiger partial charge is 0.381 e. The SMILES string of the molecule is COC1c2c(NC(=O)c3ccc(Cl)s3)cccc2C(O)N1Cc1cccc(CNc2ccncc2)c1. The molecule has 0 bridgehead atoms. The monoisotopic (exact) mass is 520 g/mol. The Morgan fingerprint density at radius 3 is 2.64 bits per heavy atom. The van der Waals surface area contributed by atoms with Gasteiger partial charge in [-0.05, 0) is 41.5 Å². The molecule has 1 amide bonds. The summed E-state index contributed by atoms with van der Waals surface area (Å²) in [5.74, 6) is -0.252. The van der Waals surface area contributed by atoms with Crippen molar-refractivity contribution in [2.45, 2.75) is 25.5 Å². The van der Waals surface area contributed by atoms with E-state index in [-0.39, 0.29) is 5.91 Å². The molecule has 2 unspecified atom stereocenters. The van der Waals surface area contributed by atoms with Crippen LogP contribution in [0.5, 0.6) is 0 Å². The number of benzene rings is 2. The van der Waals surface area contributed by atoms with E-state index in [4.69, 9.17) is 16.3 Å². The highest BCUT2D eigenvalue weighted by Crippen LogP contribution is 2.45. The Labute approximate surface area is 218 Å². The first-order valence-corrected chi connectivity index (χ1v) is 12.6. The number of methoxy groups -OCH3 is 1. The van der Waals surface area contributed by atoms with Crippen LogP contribution in [0.3, 0.4) is 0 Å².